The molecular weight excluding hydrogens is 268 g/mol. The van der Waals surface area contributed by atoms with Crippen molar-refractivity contribution in [2.24, 2.45) is 5.92 Å². The number of benzene rings is 1. The molecule has 0 saturated carbocycles. The number of hydrogen-bond donors (Lipinski definition) is 1. The third-order valence-corrected chi connectivity index (χ3v) is 3.65. The van der Waals surface area contributed by atoms with Crippen molar-refractivity contribution in [3.63, 3.8) is 0 Å². The number of anilines is 1. The van der Waals surface area contributed by atoms with Crippen LogP contribution in [0.3, 0.4) is 0 Å². The van der Waals surface area contributed by atoms with Crippen LogP contribution in [0.25, 0.3) is 0 Å². The van der Waals surface area contributed by atoms with E-state index in [0.717, 1.165) is 11.3 Å². The highest BCUT2D eigenvalue weighted by Crippen LogP contribution is 2.28. The molecule has 2 rings (SSSR count). The van der Waals surface area contributed by atoms with Gasteiger partial charge in [-0.05, 0) is 23.8 Å². The van der Waals surface area contributed by atoms with E-state index >= 15 is 0 Å². The Morgan fingerprint density at radius 3 is 2.71 bits per heavy atom. The molecule has 0 saturated heterocycles. The van der Waals surface area contributed by atoms with E-state index in [0.29, 0.717) is 18.5 Å². The second kappa shape index (κ2) is 6.08. The van der Waals surface area contributed by atoms with Crippen molar-refractivity contribution in [3.8, 4) is 0 Å². The number of carbonyl (C=O) groups is 3. The number of nitrogens with one attached hydrogen (secondary N) is 1. The Morgan fingerprint density at radius 2 is 2.05 bits per heavy atom. The number of hydrogen-bond acceptors (Lipinski definition) is 3. The molecule has 0 atom stereocenters. The van der Waals surface area contributed by atoms with Crippen molar-refractivity contribution >= 4 is 23.3 Å². The van der Waals surface area contributed by atoms with E-state index in [9.17, 15) is 14.4 Å². The number of amides is 2. The molecule has 5 nitrogen and oxygen atoms in total. The topological polar surface area (TPSA) is 66.5 Å². The molecule has 0 bridgehead atoms. The lowest BCUT2D eigenvalue weighted by molar-refractivity contribution is -0.124. The molecule has 21 heavy (non-hydrogen) atoms. The maximum absolute atomic E-state index is 12.1. The summed E-state index contributed by atoms with van der Waals surface area (Å²) < 4.78 is 0. The van der Waals surface area contributed by atoms with E-state index in [1.165, 1.54) is 0 Å². The summed E-state index contributed by atoms with van der Waals surface area (Å²) in [7, 11) is 1.73. The van der Waals surface area contributed by atoms with Gasteiger partial charge in [-0.25, -0.2) is 0 Å². The number of rotatable bonds is 5. The summed E-state index contributed by atoms with van der Waals surface area (Å²) in [6.07, 6.45) is 0.609. The van der Waals surface area contributed by atoms with Gasteiger partial charge in [-0.3, -0.25) is 14.4 Å². The van der Waals surface area contributed by atoms with Crippen LogP contribution >= 0.6 is 0 Å². The Hall–Kier alpha value is -2.17. The van der Waals surface area contributed by atoms with Gasteiger partial charge in [0.1, 0.15) is 0 Å². The van der Waals surface area contributed by atoms with Crippen LogP contribution in [0, 0.1) is 5.92 Å². The van der Waals surface area contributed by atoms with Gasteiger partial charge in [-0.2, -0.15) is 0 Å². The summed E-state index contributed by atoms with van der Waals surface area (Å²) >= 11 is 0. The Labute approximate surface area is 124 Å². The quantitative estimate of drug-likeness (QED) is 0.836. The molecule has 1 aromatic carbocycles. The minimum Gasteiger partial charge on any atom is -0.355 e. The van der Waals surface area contributed by atoms with Gasteiger partial charge in [-0.15, -0.1) is 0 Å². The van der Waals surface area contributed by atoms with Gasteiger partial charge >= 0.3 is 0 Å². The van der Waals surface area contributed by atoms with Crippen molar-refractivity contribution < 1.29 is 14.4 Å². The van der Waals surface area contributed by atoms with Crippen LogP contribution in [-0.4, -0.2) is 31.2 Å². The van der Waals surface area contributed by atoms with Crippen LogP contribution in [0.15, 0.2) is 18.2 Å². The predicted molar refractivity (Wildman–Crippen MR) is 80.4 cm³/mol. The summed E-state index contributed by atoms with van der Waals surface area (Å²) in [5.74, 6) is -0.117. The van der Waals surface area contributed by atoms with Crippen LogP contribution in [-0.2, 0) is 16.0 Å². The number of Topliss-reactive ketones (excluding diaryl/α,β-unsaturated/α-hetero) is 1. The highest BCUT2D eigenvalue weighted by atomic mass is 16.2. The first-order valence-electron chi connectivity index (χ1n) is 7.10. The molecule has 1 aromatic rings. The molecular formula is C16H20N2O3. The highest BCUT2D eigenvalue weighted by Gasteiger charge is 2.24. The fourth-order valence-electron chi connectivity index (χ4n) is 2.29. The smallest absolute Gasteiger partial charge is 0.231 e. The minimum atomic E-state index is -0.0818. The molecule has 1 aliphatic rings. The van der Waals surface area contributed by atoms with Gasteiger partial charge in [0.2, 0.25) is 11.8 Å². The maximum Gasteiger partial charge on any atom is 0.231 e. The molecule has 2 amide bonds. The Bertz CT molecular complexity index is 593. The summed E-state index contributed by atoms with van der Waals surface area (Å²) in [6.45, 7) is 3.96. The number of ketones is 1. The zero-order valence-electron chi connectivity index (χ0n) is 12.6. The lowest BCUT2D eigenvalue weighted by Gasteiger charge is -2.10. The van der Waals surface area contributed by atoms with Crippen molar-refractivity contribution in [1.82, 2.24) is 5.32 Å². The number of nitrogens with zero attached hydrogens (tertiary/aromatic N) is 1. The molecule has 1 heterocycles. The third kappa shape index (κ3) is 3.29. The molecule has 1 aliphatic heterocycles. The average molecular weight is 288 g/mol. The molecule has 0 unspecified atom stereocenters. The molecule has 1 N–H and O–H groups in total. The molecule has 0 spiro atoms. The van der Waals surface area contributed by atoms with Crippen molar-refractivity contribution in [2.45, 2.75) is 26.7 Å². The van der Waals surface area contributed by atoms with Crippen LogP contribution < -0.4 is 10.2 Å². The Balaban J connectivity index is 1.97. The van der Waals surface area contributed by atoms with Gasteiger partial charge in [0.15, 0.2) is 5.78 Å². The third-order valence-electron chi connectivity index (χ3n) is 3.65. The van der Waals surface area contributed by atoms with Crippen molar-refractivity contribution in [2.75, 3.05) is 18.5 Å². The first-order chi connectivity index (χ1) is 9.90. The SMILES string of the molecule is CC(C)C(=O)NCCC(=O)c1ccc2c(c1)CC(=O)N2C. The maximum atomic E-state index is 12.1. The normalized spacial score (nSPS) is 13.5. The first-order valence-corrected chi connectivity index (χ1v) is 7.10. The van der Waals surface area contributed by atoms with Gasteiger partial charge in [0.05, 0.1) is 6.42 Å². The summed E-state index contributed by atoms with van der Waals surface area (Å²) in [4.78, 5) is 36.8. The zero-order valence-corrected chi connectivity index (χ0v) is 12.6. The monoisotopic (exact) mass is 288 g/mol. The van der Waals surface area contributed by atoms with Crippen LogP contribution in [0.2, 0.25) is 0 Å². The lowest BCUT2D eigenvalue weighted by Crippen LogP contribution is -2.29. The van der Waals surface area contributed by atoms with Gasteiger partial charge in [-0.1, -0.05) is 13.8 Å². The van der Waals surface area contributed by atoms with Crippen molar-refractivity contribution in [1.29, 1.82) is 0 Å². The van der Waals surface area contributed by atoms with E-state index < -0.39 is 0 Å². The summed E-state index contributed by atoms with van der Waals surface area (Å²) in [6, 6.07) is 5.32. The highest BCUT2D eigenvalue weighted by molar-refractivity contribution is 6.03. The van der Waals surface area contributed by atoms with Gasteiger partial charge in [0, 0.05) is 37.2 Å². The molecule has 0 fully saturated rings. The second-order valence-electron chi connectivity index (χ2n) is 5.59. The van der Waals surface area contributed by atoms with Crippen molar-refractivity contribution in [3.05, 3.63) is 29.3 Å². The van der Waals surface area contributed by atoms with Crippen LogP contribution in [0.4, 0.5) is 5.69 Å². The number of carbonyl (C=O) groups excluding carboxylic acids is 3. The molecule has 0 radical (unpaired) electrons. The fourth-order valence-corrected chi connectivity index (χ4v) is 2.29. The number of likely N-dealkylation sites (N-methyl/N-ethyl adjacent to an activating group) is 1. The Morgan fingerprint density at radius 1 is 1.33 bits per heavy atom. The molecule has 5 heteroatoms. The molecule has 112 valence electrons. The minimum absolute atomic E-state index is 0.0242. The fraction of sp³-hybridized carbons (Fsp3) is 0.438. The average Bonchev–Trinajstić information content (AvgIpc) is 2.73. The van der Waals surface area contributed by atoms with E-state index in [1.807, 2.05) is 13.8 Å². The van der Waals surface area contributed by atoms with Crippen LogP contribution in [0.5, 0.6) is 0 Å². The molecule has 0 aromatic heterocycles. The lowest BCUT2D eigenvalue weighted by atomic mass is 10.0. The van der Waals surface area contributed by atoms with E-state index in [1.54, 1.807) is 30.1 Å². The number of fused-ring (bicyclic) bond motifs is 1. The van der Waals surface area contributed by atoms with E-state index in [-0.39, 0.29) is 29.9 Å². The Kier molecular flexibility index (Phi) is 4.40. The van der Waals surface area contributed by atoms with E-state index in [4.69, 9.17) is 0 Å². The van der Waals surface area contributed by atoms with Crippen LogP contribution in [0.1, 0.15) is 36.2 Å². The second-order valence-corrected chi connectivity index (χ2v) is 5.59. The van der Waals surface area contributed by atoms with Gasteiger partial charge < -0.3 is 10.2 Å². The van der Waals surface area contributed by atoms with Gasteiger partial charge in [0.25, 0.3) is 0 Å². The summed E-state index contributed by atoms with van der Waals surface area (Å²) in [5, 5.41) is 2.73. The molecule has 0 aliphatic carbocycles. The summed E-state index contributed by atoms with van der Waals surface area (Å²) in [5.41, 5.74) is 2.35. The predicted octanol–water partition coefficient (Wildman–Crippen LogP) is 1.55. The zero-order chi connectivity index (χ0) is 15.6. The van der Waals surface area contributed by atoms with E-state index in [2.05, 4.69) is 5.32 Å². The first kappa shape index (κ1) is 15.2. The largest absolute Gasteiger partial charge is 0.355 e. The standard InChI is InChI=1S/C16H20N2O3/c1-10(2)16(21)17-7-6-14(19)11-4-5-13-12(8-11)9-15(20)18(13)3/h4-5,8,10H,6-7,9H2,1-3H3,(H,17,21).